The SMILES string of the molecule is Cc1ccc(N2CCN(C(=O)c3ccc(N4CCOC4=O)cc3S(C)(=O)=O)CC2)c(C)c1. The Morgan fingerprint density at radius 2 is 1.69 bits per heavy atom. The summed E-state index contributed by atoms with van der Waals surface area (Å²) < 4.78 is 29.9. The van der Waals surface area contributed by atoms with Gasteiger partial charge in [0.1, 0.15) is 6.61 Å². The monoisotopic (exact) mass is 457 g/mol. The highest BCUT2D eigenvalue weighted by Gasteiger charge is 2.30. The van der Waals surface area contributed by atoms with E-state index in [0.717, 1.165) is 11.9 Å². The molecule has 0 saturated carbocycles. The normalized spacial score (nSPS) is 17.0. The van der Waals surface area contributed by atoms with Crippen molar-refractivity contribution in [2.24, 2.45) is 0 Å². The molecule has 0 unspecified atom stereocenters. The number of aryl methyl sites for hydroxylation is 2. The van der Waals surface area contributed by atoms with Gasteiger partial charge in [0, 0.05) is 43.8 Å². The Labute approximate surface area is 188 Å². The lowest BCUT2D eigenvalue weighted by atomic mass is 10.1. The molecule has 8 nitrogen and oxygen atoms in total. The predicted octanol–water partition coefficient (Wildman–Crippen LogP) is 2.63. The summed E-state index contributed by atoms with van der Waals surface area (Å²) in [5.74, 6) is -0.318. The lowest BCUT2D eigenvalue weighted by molar-refractivity contribution is 0.0743. The molecule has 0 aromatic heterocycles. The van der Waals surface area contributed by atoms with Gasteiger partial charge in [-0.15, -0.1) is 0 Å². The quantitative estimate of drug-likeness (QED) is 0.702. The van der Waals surface area contributed by atoms with Crippen molar-refractivity contribution in [1.82, 2.24) is 4.90 Å². The molecule has 0 atom stereocenters. The highest BCUT2D eigenvalue weighted by atomic mass is 32.2. The summed E-state index contributed by atoms with van der Waals surface area (Å²) in [7, 11) is -3.69. The number of rotatable bonds is 4. The third-order valence-corrected chi connectivity index (χ3v) is 7.06. The van der Waals surface area contributed by atoms with Crippen molar-refractivity contribution in [2.45, 2.75) is 18.7 Å². The first-order valence-corrected chi connectivity index (χ1v) is 12.4. The summed E-state index contributed by atoms with van der Waals surface area (Å²) in [5, 5.41) is 0. The van der Waals surface area contributed by atoms with E-state index < -0.39 is 15.9 Å². The van der Waals surface area contributed by atoms with Crippen LogP contribution in [-0.2, 0) is 14.6 Å². The largest absolute Gasteiger partial charge is 0.447 e. The third kappa shape index (κ3) is 4.29. The molecule has 0 N–H and O–H groups in total. The van der Waals surface area contributed by atoms with E-state index in [1.165, 1.54) is 28.2 Å². The molecule has 0 radical (unpaired) electrons. The van der Waals surface area contributed by atoms with Crippen LogP contribution in [0.15, 0.2) is 41.3 Å². The number of amides is 2. The summed E-state index contributed by atoms with van der Waals surface area (Å²) in [6.07, 6.45) is 0.551. The van der Waals surface area contributed by atoms with Gasteiger partial charge in [0.25, 0.3) is 5.91 Å². The number of cyclic esters (lactones) is 1. The number of hydrogen-bond donors (Lipinski definition) is 0. The first kappa shape index (κ1) is 22.1. The number of carbonyl (C=O) groups is 2. The van der Waals surface area contributed by atoms with Gasteiger partial charge in [0.2, 0.25) is 0 Å². The molecule has 2 amide bonds. The molecule has 2 aromatic rings. The average molecular weight is 458 g/mol. The summed E-state index contributed by atoms with van der Waals surface area (Å²) in [4.78, 5) is 30.4. The summed E-state index contributed by atoms with van der Waals surface area (Å²) in [6, 6.07) is 10.8. The highest BCUT2D eigenvalue weighted by molar-refractivity contribution is 7.90. The smallest absolute Gasteiger partial charge is 0.414 e. The van der Waals surface area contributed by atoms with E-state index >= 15 is 0 Å². The van der Waals surface area contributed by atoms with E-state index in [1.54, 1.807) is 11.0 Å². The van der Waals surface area contributed by atoms with Crippen molar-refractivity contribution >= 4 is 33.2 Å². The predicted molar refractivity (Wildman–Crippen MR) is 122 cm³/mol. The molecule has 9 heteroatoms. The van der Waals surface area contributed by atoms with Crippen molar-refractivity contribution in [1.29, 1.82) is 0 Å². The number of benzene rings is 2. The molecule has 0 aliphatic carbocycles. The minimum atomic E-state index is -3.69. The van der Waals surface area contributed by atoms with Gasteiger partial charge < -0.3 is 14.5 Å². The molecule has 2 heterocycles. The van der Waals surface area contributed by atoms with Gasteiger partial charge in [-0.3, -0.25) is 9.69 Å². The number of hydrogen-bond acceptors (Lipinski definition) is 6. The molecule has 2 fully saturated rings. The second-order valence-corrected chi connectivity index (χ2v) is 10.3. The summed E-state index contributed by atoms with van der Waals surface area (Å²) in [6.45, 7) is 7.06. The fraction of sp³-hybridized carbons (Fsp3) is 0.391. The van der Waals surface area contributed by atoms with Crippen LogP contribution in [0.25, 0.3) is 0 Å². The van der Waals surface area contributed by atoms with Crippen LogP contribution >= 0.6 is 0 Å². The van der Waals surface area contributed by atoms with Crippen molar-refractivity contribution in [3.63, 3.8) is 0 Å². The fourth-order valence-electron chi connectivity index (χ4n) is 4.27. The Bertz CT molecular complexity index is 1170. The lowest BCUT2D eigenvalue weighted by Crippen LogP contribution is -2.49. The standard InChI is InChI=1S/C23H27N3O5S/c1-16-4-7-20(17(2)14-16)24-8-10-25(11-9-24)22(27)19-6-5-18(15-21(19)32(3,29)30)26-12-13-31-23(26)28/h4-7,14-15H,8-13H2,1-3H3. The van der Waals surface area contributed by atoms with Gasteiger partial charge in [-0.05, 0) is 43.7 Å². The molecular formula is C23H27N3O5S. The first-order valence-electron chi connectivity index (χ1n) is 10.5. The highest BCUT2D eigenvalue weighted by Crippen LogP contribution is 2.28. The topological polar surface area (TPSA) is 87.2 Å². The fourth-order valence-corrected chi connectivity index (χ4v) is 5.16. The zero-order valence-corrected chi connectivity index (χ0v) is 19.3. The van der Waals surface area contributed by atoms with E-state index in [9.17, 15) is 18.0 Å². The van der Waals surface area contributed by atoms with Crippen molar-refractivity contribution < 1.29 is 22.7 Å². The number of sulfone groups is 1. The number of piperazine rings is 1. The van der Waals surface area contributed by atoms with E-state index in [0.29, 0.717) is 38.4 Å². The number of carbonyl (C=O) groups excluding carboxylic acids is 2. The molecular weight excluding hydrogens is 430 g/mol. The molecule has 4 rings (SSSR count). The molecule has 0 bridgehead atoms. The maximum absolute atomic E-state index is 13.3. The number of ether oxygens (including phenoxy) is 1. The van der Waals surface area contributed by atoms with Crippen LogP contribution in [0.2, 0.25) is 0 Å². The van der Waals surface area contributed by atoms with Crippen molar-refractivity contribution in [3.05, 3.63) is 53.1 Å². The van der Waals surface area contributed by atoms with Gasteiger partial charge in [-0.2, -0.15) is 0 Å². The zero-order chi connectivity index (χ0) is 23.0. The van der Waals surface area contributed by atoms with Crippen molar-refractivity contribution in [2.75, 3.05) is 55.4 Å². The van der Waals surface area contributed by atoms with Crippen LogP contribution in [0.5, 0.6) is 0 Å². The molecule has 2 aliphatic rings. The Morgan fingerprint density at radius 1 is 0.969 bits per heavy atom. The van der Waals surface area contributed by atoms with E-state index in [4.69, 9.17) is 4.74 Å². The Kier molecular flexibility index (Phi) is 5.85. The maximum Gasteiger partial charge on any atom is 0.414 e. The molecule has 0 spiro atoms. The van der Waals surface area contributed by atoms with E-state index in [2.05, 4.69) is 36.9 Å². The third-order valence-electron chi connectivity index (χ3n) is 5.93. The Morgan fingerprint density at radius 3 is 2.28 bits per heavy atom. The van der Waals surface area contributed by atoms with E-state index in [-0.39, 0.29) is 23.0 Å². The van der Waals surface area contributed by atoms with Crippen LogP contribution < -0.4 is 9.80 Å². The first-order chi connectivity index (χ1) is 15.1. The molecule has 2 saturated heterocycles. The zero-order valence-electron chi connectivity index (χ0n) is 18.5. The molecule has 2 aliphatic heterocycles. The van der Waals surface area contributed by atoms with Crippen LogP contribution in [0, 0.1) is 13.8 Å². The van der Waals surface area contributed by atoms with Gasteiger partial charge in [-0.1, -0.05) is 17.7 Å². The van der Waals surface area contributed by atoms with E-state index in [1.807, 2.05) is 0 Å². The van der Waals surface area contributed by atoms with Crippen LogP contribution in [0.4, 0.5) is 16.2 Å². The molecule has 32 heavy (non-hydrogen) atoms. The lowest BCUT2D eigenvalue weighted by Gasteiger charge is -2.37. The van der Waals surface area contributed by atoms with Crippen LogP contribution in [0.1, 0.15) is 21.5 Å². The van der Waals surface area contributed by atoms with Crippen molar-refractivity contribution in [3.8, 4) is 0 Å². The van der Waals surface area contributed by atoms with Gasteiger partial charge in [-0.25, -0.2) is 13.2 Å². The number of anilines is 2. The van der Waals surface area contributed by atoms with Crippen LogP contribution in [0.3, 0.4) is 0 Å². The molecule has 2 aromatic carbocycles. The Hall–Kier alpha value is -3.07. The summed E-state index contributed by atoms with van der Waals surface area (Å²) >= 11 is 0. The average Bonchev–Trinajstić information content (AvgIpc) is 3.18. The maximum atomic E-state index is 13.3. The van der Waals surface area contributed by atoms with Gasteiger partial charge in [0.05, 0.1) is 17.0 Å². The van der Waals surface area contributed by atoms with Gasteiger partial charge >= 0.3 is 6.09 Å². The second-order valence-electron chi connectivity index (χ2n) is 8.29. The Balaban J connectivity index is 1.55. The molecule has 170 valence electrons. The van der Waals surface area contributed by atoms with Gasteiger partial charge in [0.15, 0.2) is 9.84 Å². The minimum absolute atomic E-state index is 0.0727. The number of nitrogens with zero attached hydrogens (tertiary/aromatic N) is 3. The minimum Gasteiger partial charge on any atom is -0.447 e. The summed E-state index contributed by atoms with van der Waals surface area (Å²) in [5.41, 5.74) is 4.09. The second kappa shape index (κ2) is 8.46. The van der Waals surface area contributed by atoms with Crippen LogP contribution in [-0.4, -0.2) is 70.9 Å².